The fourth-order valence-corrected chi connectivity index (χ4v) is 2.52. The maximum atomic E-state index is 11.8. The fraction of sp³-hybridized carbons (Fsp3) is 0.500. The summed E-state index contributed by atoms with van der Waals surface area (Å²) in [6, 6.07) is 7.60. The van der Waals surface area contributed by atoms with Crippen molar-refractivity contribution in [2.75, 3.05) is 26.5 Å². The minimum absolute atomic E-state index is 0.000877. The van der Waals surface area contributed by atoms with Gasteiger partial charge in [-0.3, -0.25) is 0 Å². The van der Waals surface area contributed by atoms with Gasteiger partial charge < -0.3 is 10.5 Å². The van der Waals surface area contributed by atoms with Crippen LogP contribution in [0.5, 0.6) is 0 Å². The van der Waals surface area contributed by atoms with Crippen molar-refractivity contribution in [2.24, 2.45) is 5.73 Å². The third-order valence-corrected chi connectivity index (χ3v) is 4.45. The maximum absolute atomic E-state index is 11.8. The zero-order valence-electron chi connectivity index (χ0n) is 10.8. The lowest BCUT2D eigenvalue weighted by Gasteiger charge is -2.17. The molecular weight excluding hydrogens is 252 g/mol. The molecule has 0 fully saturated rings. The number of nitrogens with two attached hydrogens (primary N) is 1. The van der Waals surface area contributed by atoms with Gasteiger partial charge in [-0.25, -0.2) is 12.7 Å². The van der Waals surface area contributed by atoms with Gasteiger partial charge in [0.05, 0.1) is 12.4 Å². The molecule has 6 heteroatoms. The molecule has 102 valence electrons. The molecule has 0 aliphatic rings. The lowest BCUT2D eigenvalue weighted by Crippen LogP contribution is -2.30. The zero-order valence-corrected chi connectivity index (χ0v) is 11.6. The first-order chi connectivity index (χ1) is 8.49. The van der Waals surface area contributed by atoms with Crippen molar-refractivity contribution in [3.8, 4) is 0 Å². The summed E-state index contributed by atoms with van der Waals surface area (Å²) in [6.07, 6.45) is 0. The molecular formula is C12H20N2O3S. The zero-order chi connectivity index (χ0) is 13.6. The predicted molar refractivity (Wildman–Crippen MR) is 71.5 cm³/mol. The number of hydrogen-bond donors (Lipinski definition) is 1. The molecule has 0 aromatic heterocycles. The second kappa shape index (κ2) is 6.84. The highest BCUT2D eigenvalue weighted by Crippen LogP contribution is 2.09. The molecule has 1 aromatic rings. The summed E-state index contributed by atoms with van der Waals surface area (Å²) >= 11 is 0. The summed E-state index contributed by atoms with van der Waals surface area (Å²) in [5.41, 5.74) is 7.48. The van der Waals surface area contributed by atoms with E-state index in [1.165, 1.54) is 11.4 Å². The standard InChI is InChI=1S/C12H20N2O3S/c1-14(18(15,16)8-7-17-2)10-12-5-3-11(9-13)4-6-12/h3-6H,7-10,13H2,1-2H3. The summed E-state index contributed by atoms with van der Waals surface area (Å²) in [7, 11) is -0.194. The Morgan fingerprint density at radius 2 is 1.78 bits per heavy atom. The van der Waals surface area contributed by atoms with Crippen molar-refractivity contribution in [2.45, 2.75) is 13.1 Å². The molecule has 0 spiro atoms. The lowest BCUT2D eigenvalue weighted by atomic mass is 10.1. The van der Waals surface area contributed by atoms with Gasteiger partial charge in [0.2, 0.25) is 10.0 Å². The Balaban J connectivity index is 2.65. The van der Waals surface area contributed by atoms with Crippen molar-refractivity contribution in [1.29, 1.82) is 0 Å². The van der Waals surface area contributed by atoms with Crippen LogP contribution in [0.2, 0.25) is 0 Å². The number of hydrogen-bond acceptors (Lipinski definition) is 4. The van der Waals surface area contributed by atoms with Gasteiger partial charge in [0.15, 0.2) is 0 Å². The van der Waals surface area contributed by atoms with Crippen molar-refractivity contribution in [3.05, 3.63) is 35.4 Å². The van der Waals surface area contributed by atoms with Gasteiger partial charge in [-0.1, -0.05) is 24.3 Å². The molecule has 1 rings (SSSR count). The normalized spacial score (nSPS) is 12.0. The number of nitrogens with zero attached hydrogens (tertiary/aromatic N) is 1. The van der Waals surface area contributed by atoms with Gasteiger partial charge in [0.25, 0.3) is 0 Å². The van der Waals surface area contributed by atoms with E-state index < -0.39 is 10.0 Å². The van der Waals surface area contributed by atoms with Gasteiger partial charge >= 0.3 is 0 Å². The van der Waals surface area contributed by atoms with Gasteiger partial charge in [0.1, 0.15) is 0 Å². The second-order valence-corrected chi connectivity index (χ2v) is 6.28. The molecule has 0 amide bonds. The highest BCUT2D eigenvalue weighted by Gasteiger charge is 2.17. The lowest BCUT2D eigenvalue weighted by molar-refractivity contribution is 0.215. The quantitative estimate of drug-likeness (QED) is 0.787. The Bertz CT molecular complexity index is 457. The van der Waals surface area contributed by atoms with E-state index in [2.05, 4.69) is 0 Å². The minimum Gasteiger partial charge on any atom is -0.384 e. The molecule has 1 aromatic carbocycles. The number of ether oxygens (including phenoxy) is 1. The van der Waals surface area contributed by atoms with Crippen LogP contribution in [0, 0.1) is 0 Å². The molecule has 0 aliphatic heterocycles. The maximum Gasteiger partial charge on any atom is 0.216 e. The summed E-state index contributed by atoms with van der Waals surface area (Å²) in [5.74, 6) is 0.000877. The summed E-state index contributed by atoms with van der Waals surface area (Å²) < 4.78 is 29.8. The van der Waals surface area contributed by atoms with Crippen LogP contribution < -0.4 is 5.73 Å². The van der Waals surface area contributed by atoms with Crippen LogP contribution in [0.1, 0.15) is 11.1 Å². The Morgan fingerprint density at radius 1 is 1.22 bits per heavy atom. The molecule has 0 radical (unpaired) electrons. The van der Waals surface area contributed by atoms with Gasteiger partial charge in [-0.05, 0) is 11.1 Å². The van der Waals surface area contributed by atoms with Gasteiger partial charge in [-0.15, -0.1) is 0 Å². The minimum atomic E-state index is -3.25. The highest BCUT2D eigenvalue weighted by atomic mass is 32.2. The monoisotopic (exact) mass is 272 g/mol. The average Bonchev–Trinajstić information content (AvgIpc) is 2.37. The summed E-state index contributed by atoms with van der Waals surface area (Å²) in [4.78, 5) is 0. The van der Waals surface area contributed by atoms with Crippen LogP contribution >= 0.6 is 0 Å². The fourth-order valence-electron chi connectivity index (χ4n) is 1.48. The smallest absolute Gasteiger partial charge is 0.216 e. The molecule has 0 saturated heterocycles. The first-order valence-electron chi connectivity index (χ1n) is 5.70. The Labute approximate surface area is 109 Å². The van der Waals surface area contributed by atoms with Crippen LogP contribution in [0.3, 0.4) is 0 Å². The van der Waals surface area contributed by atoms with Crippen LogP contribution in [0.15, 0.2) is 24.3 Å². The van der Waals surface area contributed by atoms with E-state index in [1.54, 1.807) is 7.05 Å². The van der Waals surface area contributed by atoms with Crippen molar-refractivity contribution in [3.63, 3.8) is 0 Å². The molecule has 0 unspecified atom stereocenters. The molecule has 0 saturated carbocycles. The van der Waals surface area contributed by atoms with Crippen LogP contribution in [0.25, 0.3) is 0 Å². The number of rotatable bonds is 7. The average molecular weight is 272 g/mol. The van der Waals surface area contributed by atoms with E-state index in [-0.39, 0.29) is 12.4 Å². The molecule has 2 N–H and O–H groups in total. The largest absolute Gasteiger partial charge is 0.384 e. The third-order valence-electron chi connectivity index (χ3n) is 2.68. The van der Waals surface area contributed by atoms with Crippen molar-refractivity contribution in [1.82, 2.24) is 4.31 Å². The molecule has 18 heavy (non-hydrogen) atoms. The Kier molecular flexibility index (Phi) is 5.74. The van der Waals surface area contributed by atoms with E-state index in [9.17, 15) is 8.42 Å². The molecule has 0 aliphatic carbocycles. The topological polar surface area (TPSA) is 72.6 Å². The number of methoxy groups -OCH3 is 1. The van der Waals surface area contributed by atoms with Crippen LogP contribution in [0.4, 0.5) is 0 Å². The first-order valence-corrected chi connectivity index (χ1v) is 7.31. The highest BCUT2D eigenvalue weighted by molar-refractivity contribution is 7.89. The predicted octanol–water partition coefficient (Wildman–Crippen LogP) is 0.553. The van der Waals surface area contributed by atoms with Crippen molar-refractivity contribution < 1.29 is 13.2 Å². The molecule has 0 bridgehead atoms. The SMILES string of the molecule is COCCS(=O)(=O)N(C)Cc1ccc(CN)cc1. The second-order valence-electron chi connectivity index (χ2n) is 4.09. The van der Waals surface area contributed by atoms with E-state index in [4.69, 9.17) is 10.5 Å². The Hall–Kier alpha value is -0.950. The molecule has 5 nitrogen and oxygen atoms in total. The number of sulfonamides is 1. The van der Waals surface area contributed by atoms with E-state index in [0.717, 1.165) is 11.1 Å². The van der Waals surface area contributed by atoms with Crippen LogP contribution in [-0.2, 0) is 27.8 Å². The van der Waals surface area contributed by atoms with E-state index >= 15 is 0 Å². The van der Waals surface area contributed by atoms with Crippen molar-refractivity contribution >= 4 is 10.0 Å². The summed E-state index contributed by atoms with van der Waals surface area (Å²) in [5, 5.41) is 0. The molecule has 0 heterocycles. The first kappa shape index (κ1) is 15.1. The third kappa shape index (κ3) is 4.38. The Morgan fingerprint density at radius 3 is 2.28 bits per heavy atom. The van der Waals surface area contributed by atoms with E-state index in [0.29, 0.717) is 13.1 Å². The van der Waals surface area contributed by atoms with E-state index in [1.807, 2.05) is 24.3 Å². The summed E-state index contributed by atoms with van der Waals surface area (Å²) in [6.45, 7) is 1.05. The number of benzene rings is 1. The van der Waals surface area contributed by atoms with Crippen LogP contribution in [-0.4, -0.2) is 39.2 Å². The molecule has 0 atom stereocenters. The van der Waals surface area contributed by atoms with Gasteiger partial charge in [-0.2, -0.15) is 0 Å². The van der Waals surface area contributed by atoms with Gasteiger partial charge in [0, 0.05) is 27.2 Å².